The first-order valence-corrected chi connectivity index (χ1v) is 11.4. The van der Waals surface area contributed by atoms with Gasteiger partial charge in [-0.1, -0.05) is 37.3 Å². The lowest BCUT2D eigenvalue weighted by Crippen LogP contribution is -2.22. The molecule has 3 aromatic rings. The van der Waals surface area contributed by atoms with E-state index >= 15 is 0 Å². The zero-order valence-electron chi connectivity index (χ0n) is 17.0. The Morgan fingerprint density at radius 2 is 1.97 bits per heavy atom. The van der Waals surface area contributed by atoms with Crippen LogP contribution in [0.1, 0.15) is 24.5 Å². The SMILES string of the molecule is CCCOc1ccc(-c2n[nH]cc2C(=C2SC(=O)N(C)C2=O)c2ccccc2)cc1Br. The van der Waals surface area contributed by atoms with E-state index in [1.807, 2.05) is 48.5 Å². The summed E-state index contributed by atoms with van der Waals surface area (Å²) in [7, 11) is 1.50. The topological polar surface area (TPSA) is 75.3 Å². The van der Waals surface area contributed by atoms with Gasteiger partial charge in [-0.2, -0.15) is 5.10 Å². The number of aromatic amines is 1. The van der Waals surface area contributed by atoms with Gasteiger partial charge in [0.05, 0.1) is 21.7 Å². The molecule has 0 aliphatic carbocycles. The van der Waals surface area contributed by atoms with E-state index in [4.69, 9.17) is 4.74 Å². The Bertz CT molecular complexity index is 1170. The number of ether oxygens (including phenoxy) is 1. The molecule has 0 radical (unpaired) electrons. The van der Waals surface area contributed by atoms with Gasteiger partial charge in [0.25, 0.3) is 11.1 Å². The minimum atomic E-state index is -0.314. The highest BCUT2D eigenvalue weighted by Gasteiger charge is 2.36. The van der Waals surface area contributed by atoms with Crippen molar-refractivity contribution in [2.75, 3.05) is 13.7 Å². The number of benzene rings is 2. The summed E-state index contributed by atoms with van der Waals surface area (Å²) in [4.78, 5) is 26.6. The van der Waals surface area contributed by atoms with Crippen molar-refractivity contribution in [3.8, 4) is 17.0 Å². The highest BCUT2D eigenvalue weighted by molar-refractivity contribution is 9.10. The van der Waals surface area contributed by atoms with Crippen LogP contribution in [0.3, 0.4) is 0 Å². The van der Waals surface area contributed by atoms with Crippen molar-refractivity contribution < 1.29 is 14.3 Å². The van der Waals surface area contributed by atoms with Gasteiger partial charge in [0.2, 0.25) is 0 Å². The maximum atomic E-state index is 12.8. The molecule has 1 aliphatic rings. The lowest BCUT2D eigenvalue weighted by molar-refractivity contribution is -0.121. The lowest BCUT2D eigenvalue weighted by Gasteiger charge is -2.12. The van der Waals surface area contributed by atoms with Gasteiger partial charge >= 0.3 is 0 Å². The average molecular weight is 498 g/mol. The second-order valence-corrected chi connectivity index (χ2v) is 8.76. The van der Waals surface area contributed by atoms with E-state index in [9.17, 15) is 9.59 Å². The molecule has 1 aliphatic heterocycles. The number of aromatic nitrogens is 2. The first-order chi connectivity index (χ1) is 15.0. The second kappa shape index (κ2) is 9.11. The van der Waals surface area contributed by atoms with Crippen LogP contribution in [0.25, 0.3) is 16.8 Å². The largest absolute Gasteiger partial charge is 0.492 e. The van der Waals surface area contributed by atoms with Crippen LogP contribution >= 0.6 is 27.7 Å². The molecule has 31 heavy (non-hydrogen) atoms. The molecule has 0 atom stereocenters. The van der Waals surface area contributed by atoms with Gasteiger partial charge in [0.15, 0.2) is 0 Å². The van der Waals surface area contributed by atoms with Gasteiger partial charge in [-0.3, -0.25) is 19.6 Å². The zero-order chi connectivity index (χ0) is 22.0. The monoisotopic (exact) mass is 497 g/mol. The smallest absolute Gasteiger partial charge is 0.293 e. The molecule has 1 saturated heterocycles. The number of halogens is 1. The van der Waals surface area contributed by atoms with E-state index in [0.717, 1.165) is 50.0 Å². The number of H-pyrrole nitrogens is 1. The first kappa shape index (κ1) is 21.4. The molecule has 0 saturated carbocycles. The minimum Gasteiger partial charge on any atom is -0.492 e. The molecule has 158 valence electrons. The Morgan fingerprint density at radius 3 is 2.61 bits per heavy atom. The predicted molar refractivity (Wildman–Crippen MR) is 126 cm³/mol. The van der Waals surface area contributed by atoms with Crippen LogP contribution < -0.4 is 4.74 Å². The normalized spacial score (nSPS) is 15.5. The highest BCUT2D eigenvalue weighted by atomic mass is 79.9. The van der Waals surface area contributed by atoms with Gasteiger partial charge in [0.1, 0.15) is 5.75 Å². The Hall–Kier alpha value is -2.84. The summed E-state index contributed by atoms with van der Waals surface area (Å²) >= 11 is 4.52. The molecule has 2 aromatic carbocycles. The number of nitrogens with one attached hydrogen (secondary N) is 1. The van der Waals surface area contributed by atoms with Gasteiger partial charge in [0, 0.05) is 29.9 Å². The number of carbonyl (C=O) groups is 2. The van der Waals surface area contributed by atoms with Crippen LogP contribution in [0.2, 0.25) is 0 Å². The van der Waals surface area contributed by atoms with E-state index in [-0.39, 0.29) is 11.1 Å². The number of hydrogen-bond donors (Lipinski definition) is 1. The molecule has 0 spiro atoms. The van der Waals surface area contributed by atoms with Crippen LogP contribution in [-0.4, -0.2) is 39.9 Å². The average Bonchev–Trinajstić information content (AvgIpc) is 3.35. The molecule has 1 N–H and O–H groups in total. The Kier molecular flexibility index (Phi) is 6.29. The van der Waals surface area contributed by atoms with Crippen molar-refractivity contribution in [3.05, 3.63) is 75.2 Å². The van der Waals surface area contributed by atoms with Crippen molar-refractivity contribution in [2.45, 2.75) is 13.3 Å². The summed E-state index contributed by atoms with van der Waals surface area (Å²) in [5.74, 6) is 0.448. The number of imide groups is 1. The molecule has 2 amide bonds. The fraction of sp³-hybridized carbons (Fsp3) is 0.174. The summed E-state index contributed by atoms with van der Waals surface area (Å²) in [5, 5.41) is 7.09. The van der Waals surface area contributed by atoms with Crippen LogP contribution in [0.4, 0.5) is 4.79 Å². The number of hydrogen-bond acceptors (Lipinski definition) is 5. The van der Waals surface area contributed by atoms with E-state index in [1.165, 1.54) is 7.05 Å². The molecule has 0 unspecified atom stereocenters. The first-order valence-electron chi connectivity index (χ1n) is 9.77. The fourth-order valence-corrected chi connectivity index (χ4v) is 4.73. The zero-order valence-corrected chi connectivity index (χ0v) is 19.4. The van der Waals surface area contributed by atoms with Crippen molar-refractivity contribution in [1.82, 2.24) is 15.1 Å². The van der Waals surface area contributed by atoms with E-state index in [0.29, 0.717) is 22.8 Å². The lowest BCUT2D eigenvalue weighted by atomic mass is 9.95. The maximum absolute atomic E-state index is 12.8. The number of carbonyl (C=O) groups excluding carboxylic acids is 2. The Balaban J connectivity index is 1.85. The summed E-state index contributed by atoms with van der Waals surface area (Å²) in [6, 6.07) is 15.3. The van der Waals surface area contributed by atoms with Crippen LogP contribution in [0, 0.1) is 0 Å². The van der Waals surface area contributed by atoms with Gasteiger partial charge < -0.3 is 4.74 Å². The summed E-state index contributed by atoms with van der Waals surface area (Å²) < 4.78 is 6.57. The Labute approximate surface area is 192 Å². The molecule has 2 heterocycles. The molecule has 1 fully saturated rings. The fourth-order valence-electron chi connectivity index (χ4n) is 3.28. The summed E-state index contributed by atoms with van der Waals surface area (Å²) in [6.07, 6.45) is 2.68. The van der Waals surface area contributed by atoms with Crippen molar-refractivity contribution in [2.24, 2.45) is 0 Å². The third-order valence-corrected chi connectivity index (χ3v) is 6.48. The predicted octanol–water partition coefficient (Wildman–Crippen LogP) is 5.71. The Morgan fingerprint density at radius 1 is 1.19 bits per heavy atom. The van der Waals surface area contributed by atoms with Gasteiger partial charge in [-0.15, -0.1) is 0 Å². The molecular formula is C23H20BrN3O3S. The third-order valence-electron chi connectivity index (χ3n) is 4.83. The standard InChI is InChI=1S/C23H20BrN3O3S/c1-3-11-30-18-10-9-15(12-17(18)24)20-16(13-25-26-20)19(14-7-5-4-6-8-14)21-22(28)27(2)23(29)31-21/h4-10,12-13H,3,11H2,1-2H3,(H,25,26). The van der Waals surface area contributed by atoms with Crippen LogP contribution in [0.15, 0.2) is 64.1 Å². The van der Waals surface area contributed by atoms with Crippen LogP contribution in [0.5, 0.6) is 5.75 Å². The number of thioether (sulfide) groups is 1. The number of amides is 2. The van der Waals surface area contributed by atoms with Crippen molar-refractivity contribution in [3.63, 3.8) is 0 Å². The van der Waals surface area contributed by atoms with E-state index < -0.39 is 0 Å². The quantitative estimate of drug-likeness (QED) is 0.441. The minimum absolute atomic E-state index is 0.293. The summed E-state index contributed by atoms with van der Waals surface area (Å²) in [6.45, 7) is 2.69. The highest BCUT2D eigenvalue weighted by Crippen LogP contribution is 2.42. The van der Waals surface area contributed by atoms with E-state index in [2.05, 4.69) is 33.1 Å². The molecule has 0 bridgehead atoms. The number of likely N-dealkylation sites (N-methyl/N-ethyl adjacent to an activating group) is 1. The molecular weight excluding hydrogens is 478 g/mol. The van der Waals surface area contributed by atoms with Gasteiger partial charge in [-0.25, -0.2) is 0 Å². The van der Waals surface area contributed by atoms with Crippen molar-refractivity contribution in [1.29, 1.82) is 0 Å². The molecule has 4 rings (SSSR count). The third kappa shape index (κ3) is 4.18. The van der Waals surface area contributed by atoms with E-state index in [1.54, 1.807) is 6.20 Å². The summed E-state index contributed by atoms with van der Waals surface area (Å²) in [5.41, 5.74) is 3.81. The van der Waals surface area contributed by atoms with Crippen LogP contribution in [-0.2, 0) is 4.79 Å². The maximum Gasteiger partial charge on any atom is 0.293 e. The molecule has 6 nitrogen and oxygen atoms in total. The number of nitrogens with zero attached hydrogens (tertiary/aromatic N) is 2. The van der Waals surface area contributed by atoms with Crippen molar-refractivity contribution >= 4 is 44.4 Å². The second-order valence-electron chi connectivity index (χ2n) is 6.94. The number of rotatable bonds is 6. The van der Waals surface area contributed by atoms with Gasteiger partial charge in [-0.05, 0) is 57.9 Å². The molecule has 8 heteroatoms. The molecule has 1 aromatic heterocycles.